The number of aryl methyl sites for hydroxylation is 3. The molecule has 0 saturated carbocycles. The van der Waals surface area contributed by atoms with Gasteiger partial charge in [0.2, 0.25) is 0 Å². The molecule has 36 heavy (non-hydrogen) atoms. The van der Waals surface area contributed by atoms with Crippen molar-refractivity contribution >= 4 is 46.6 Å². The first-order chi connectivity index (χ1) is 17.2. The van der Waals surface area contributed by atoms with Crippen molar-refractivity contribution in [2.24, 2.45) is 18.0 Å². The van der Waals surface area contributed by atoms with Gasteiger partial charge in [-0.3, -0.25) is 19.3 Å². The molecule has 0 radical (unpaired) electrons. The average molecular weight is 498 g/mol. The van der Waals surface area contributed by atoms with Crippen LogP contribution in [-0.2, 0) is 11.8 Å². The lowest BCUT2D eigenvalue weighted by Gasteiger charge is -2.15. The van der Waals surface area contributed by atoms with Gasteiger partial charge in [0.1, 0.15) is 11.6 Å². The van der Waals surface area contributed by atoms with E-state index in [9.17, 15) is 14.7 Å². The average Bonchev–Trinajstić information content (AvgIpc) is 3.17. The van der Waals surface area contributed by atoms with E-state index >= 15 is 0 Å². The maximum Gasteiger partial charge on any atom is 0.258 e. The number of anilines is 2. The fraction of sp³-hybridized carbons (Fsp3) is 0.148. The van der Waals surface area contributed by atoms with Crippen LogP contribution in [0.3, 0.4) is 0 Å². The molecule has 1 atom stereocenters. The van der Waals surface area contributed by atoms with Gasteiger partial charge in [-0.05, 0) is 43.7 Å². The summed E-state index contributed by atoms with van der Waals surface area (Å²) >= 11 is 5.51. The van der Waals surface area contributed by atoms with Crippen molar-refractivity contribution < 1.29 is 14.7 Å². The minimum Gasteiger partial charge on any atom is -0.505 e. The number of hydrogen-bond acceptors (Lipinski definition) is 6. The Morgan fingerprint density at radius 1 is 1.08 bits per heavy atom. The number of para-hydroxylation sites is 1. The third kappa shape index (κ3) is 5.40. The van der Waals surface area contributed by atoms with E-state index in [1.807, 2.05) is 6.92 Å². The number of nitrogens with one attached hydrogen (secondary N) is 2. The molecular formula is C27H23N5O3S. The van der Waals surface area contributed by atoms with Crippen LogP contribution in [0, 0.1) is 31.6 Å². The fourth-order valence-corrected chi connectivity index (χ4v) is 3.81. The lowest BCUT2D eigenvalue weighted by Crippen LogP contribution is -2.26. The first-order valence-corrected chi connectivity index (χ1v) is 11.4. The van der Waals surface area contributed by atoms with Crippen LogP contribution in [0.2, 0.25) is 0 Å². The number of aliphatic imine (C=N–C) groups is 1. The van der Waals surface area contributed by atoms with E-state index in [-0.39, 0.29) is 22.9 Å². The van der Waals surface area contributed by atoms with Gasteiger partial charge < -0.3 is 15.7 Å². The summed E-state index contributed by atoms with van der Waals surface area (Å²) in [5.74, 6) is 5.32. The monoisotopic (exact) mass is 497 g/mol. The number of aromatic hydroxyl groups is 1. The summed E-state index contributed by atoms with van der Waals surface area (Å²) in [5.41, 5.74) is 2.99. The second-order valence-electron chi connectivity index (χ2n) is 8.21. The van der Waals surface area contributed by atoms with Crippen LogP contribution in [0.1, 0.15) is 27.2 Å². The Hall–Kier alpha value is -4.55. The van der Waals surface area contributed by atoms with Crippen LogP contribution in [0.15, 0.2) is 65.3 Å². The lowest BCUT2D eigenvalue weighted by molar-refractivity contribution is -0.112. The predicted octanol–water partition coefficient (Wildman–Crippen LogP) is 3.94. The standard InChI is InChI=1S/C27H23N5O3S/c1-16-6-4-9-22(24(16)33)29-27(35)21-15-28-14-20(25(21)36)11-10-18-7-5-8-19(13-18)26(34)30-23-12-17(2)31-32(23)3/h4-9,12-15,20,33H,1-3H3,(H,29,35)(H,30,34)/t20-/m0/s1. The van der Waals surface area contributed by atoms with Gasteiger partial charge in [0.25, 0.3) is 11.8 Å². The maximum absolute atomic E-state index is 12.8. The summed E-state index contributed by atoms with van der Waals surface area (Å²) in [7, 11) is 1.76. The Bertz CT molecular complexity index is 1510. The summed E-state index contributed by atoms with van der Waals surface area (Å²) < 4.78 is 1.60. The van der Waals surface area contributed by atoms with Gasteiger partial charge in [-0.1, -0.05) is 42.3 Å². The molecule has 1 aliphatic rings. The Morgan fingerprint density at radius 3 is 2.61 bits per heavy atom. The van der Waals surface area contributed by atoms with Crippen molar-refractivity contribution in [2.75, 3.05) is 10.6 Å². The van der Waals surface area contributed by atoms with Gasteiger partial charge in [0.05, 0.1) is 22.9 Å². The number of amides is 2. The van der Waals surface area contributed by atoms with Gasteiger partial charge in [-0.25, -0.2) is 0 Å². The minimum atomic E-state index is -0.563. The van der Waals surface area contributed by atoms with Crippen LogP contribution < -0.4 is 10.6 Å². The highest BCUT2D eigenvalue weighted by Gasteiger charge is 2.24. The molecule has 8 nitrogen and oxygen atoms in total. The molecule has 9 heteroatoms. The predicted molar refractivity (Wildman–Crippen MR) is 143 cm³/mol. The van der Waals surface area contributed by atoms with E-state index in [0.29, 0.717) is 27.4 Å². The number of nitrogens with zero attached hydrogens (tertiary/aromatic N) is 3. The molecule has 0 saturated heterocycles. The third-order valence-electron chi connectivity index (χ3n) is 5.46. The maximum atomic E-state index is 12.8. The molecule has 0 fully saturated rings. The highest BCUT2D eigenvalue weighted by Crippen LogP contribution is 2.27. The van der Waals surface area contributed by atoms with Crippen molar-refractivity contribution in [1.82, 2.24) is 9.78 Å². The van der Waals surface area contributed by atoms with Crippen LogP contribution in [-0.4, -0.2) is 37.8 Å². The summed E-state index contributed by atoms with van der Waals surface area (Å²) in [4.78, 5) is 29.9. The quantitative estimate of drug-likeness (QED) is 0.287. The van der Waals surface area contributed by atoms with Crippen molar-refractivity contribution in [2.45, 2.75) is 13.8 Å². The molecule has 3 aromatic rings. The van der Waals surface area contributed by atoms with Gasteiger partial charge in [0, 0.05) is 41.5 Å². The van der Waals surface area contributed by atoms with E-state index in [1.165, 1.54) is 6.20 Å². The number of aromatic nitrogens is 2. The SMILES string of the molecule is Cc1cc(NC(=O)c2cccc(C#C[C@H]3C=NC=C(C(=O)Nc4cccc(C)c4O)C3=S)c2)n(C)n1. The molecular weight excluding hydrogens is 474 g/mol. The number of benzene rings is 2. The number of carbonyl (C=O) groups excluding carboxylic acids is 2. The number of thiocarbonyl (C=S) groups is 1. The number of phenolic OH excluding ortho intramolecular Hbond substituents is 1. The highest BCUT2D eigenvalue weighted by atomic mass is 32.1. The smallest absolute Gasteiger partial charge is 0.258 e. The number of carbonyl (C=O) groups is 2. The first-order valence-electron chi connectivity index (χ1n) is 11.0. The number of hydrogen-bond donors (Lipinski definition) is 3. The molecule has 180 valence electrons. The van der Waals surface area contributed by atoms with Crippen LogP contribution in [0.4, 0.5) is 11.5 Å². The third-order valence-corrected chi connectivity index (χ3v) is 5.93. The molecule has 2 amide bonds. The van der Waals surface area contributed by atoms with E-state index in [1.54, 1.807) is 73.4 Å². The summed E-state index contributed by atoms with van der Waals surface area (Å²) in [6.07, 6.45) is 2.95. The van der Waals surface area contributed by atoms with Gasteiger partial charge in [0.15, 0.2) is 0 Å². The Kier molecular flexibility index (Phi) is 7.08. The van der Waals surface area contributed by atoms with E-state index in [0.717, 1.165) is 5.69 Å². The van der Waals surface area contributed by atoms with Crippen molar-refractivity contribution in [3.63, 3.8) is 0 Å². The molecule has 1 aromatic heterocycles. The molecule has 0 unspecified atom stereocenters. The molecule has 2 aromatic carbocycles. The van der Waals surface area contributed by atoms with Crippen molar-refractivity contribution in [3.05, 3.63) is 82.7 Å². The Labute approximate surface area is 213 Å². The second-order valence-corrected chi connectivity index (χ2v) is 8.65. The fourth-order valence-electron chi connectivity index (χ4n) is 3.54. The first kappa shape index (κ1) is 24.6. The molecule has 0 spiro atoms. The lowest BCUT2D eigenvalue weighted by atomic mass is 9.97. The van der Waals surface area contributed by atoms with E-state index in [2.05, 4.69) is 32.6 Å². The van der Waals surface area contributed by atoms with Gasteiger partial charge >= 0.3 is 0 Å². The molecule has 2 heterocycles. The second kappa shape index (κ2) is 10.4. The zero-order valence-electron chi connectivity index (χ0n) is 19.9. The van der Waals surface area contributed by atoms with Crippen LogP contribution in [0.5, 0.6) is 5.75 Å². The molecule has 3 N–H and O–H groups in total. The summed E-state index contributed by atoms with van der Waals surface area (Å²) in [5, 5.41) is 19.9. The number of phenols is 1. The molecule has 0 bridgehead atoms. The Balaban J connectivity index is 1.46. The van der Waals surface area contributed by atoms with E-state index < -0.39 is 11.8 Å². The topological polar surface area (TPSA) is 109 Å². The summed E-state index contributed by atoms with van der Waals surface area (Å²) in [6, 6.07) is 13.8. The molecule has 1 aliphatic heterocycles. The minimum absolute atomic E-state index is 0.00420. The zero-order valence-corrected chi connectivity index (χ0v) is 20.7. The molecule has 0 aliphatic carbocycles. The molecule has 4 rings (SSSR count). The summed E-state index contributed by atoms with van der Waals surface area (Å²) in [6.45, 7) is 3.59. The van der Waals surface area contributed by atoms with E-state index in [4.69, 9.17) is 12.2 Å². The van der Waals surface area contributed by atoms with Crippen LogP contribution in [0.25, 0.3) is 0 Å². The van der Waals surface area contributed by atoms with Gasteiger partial charge in [-0.2, -0.15) is 5.10 Å². The van der Waals surface area contributed by atoms with Crippen molar-refractivity contribution in [3.8, 4) is 17.6 Å². The normalized spacial score (nSPS) is 14.5. The Morgan fingerprint density at radius 2 is 1.86 bits per heavy atom. The largest absolute Gasteiger partial charge is 0.505 e. The van der Waals surface area contributed by atoms with Gasteiger partial charge in [-0.15, -0.1) is 0 Å². The zero-order chi connectivity index (χ0) is 25.8. The number of rotatable bonds is 4. The van der Waals surface area contributed by atoms with Crippen LogP contribution >= 0.6 is 12.2 Å². The van der Waals surface area contributed by atoms with Crippen molar-refractivity contribution in [1.29, 1.82) is 0 Å². The highest BCUT2D eigenvalue weighted by molar-refractivity contribution is 7.81.